The predicted molar refractivity (Wildman–Crippen MR) is 106 cm³/mol. The van der Waals surface area contributed by atoms with E-state index in [1.165, 1.54) is 0 Å². The van der Waals surface area contributed by atoms with E-state index >= 15 is 0 Å². The molecular formula is C20H22N4O3. The number of methoxy groups -OCH3 is 3. The minimum atomic E-state index is 0.484. The molecule has 0 spiro atoms. The van der Waals surface area contributed by atoms with Crippen LogP contribution in [0.25, 0.3) is 0 Å². The molecule has 0 aliphatic heterocycles. The maximum Gasteiger partial charge on any atom is 0.229 e. The van der Waals surface area contributed by atoms with E-state index in [4.69, 9.17) is 14.2 Å². The summed E-state index contributed by atoms with van der Waals surface area (Å²) >= 11 is 0. The van der Waals surface area contributed by atoms with Crippen LogP contribution in [0.1, 0.15) is 5.69 Å². The zero-order valence-corrected chi connectivity index (χ0v) is 15.7. The average molecular weight is 366 g/mol. The number of nitrogens with one attached hydrogen (secondary N) is 2. The Kier molecular flexibility index (Phi) is 5.61. The third-order valence-electron chi connectivity index (χ3n) is 3.85. The van der Waals surface area contributed by atoms with Crippen LogP contribution >= 0.6 is 0 Å². The van der Waals surface area contributed by atoms with Gasteiger partial charge in [-0.25, -0.2) is 4.98 Å². The van der Waals surface area contributed by atoms with E-state index in [0.29, 0.717) is 17.5 Å². The van der Waals surface area contributed by atoms with Gasteiger partial charge in [0.15, 0.2) is 0 Å². The maximum atomic E-state index is 5.43. The predicted octanol–water partition coefficient (Wildman–Crippen LogP) is 4.30. The third-order valence-corrected chi connectivity index (χ3v) is 3.85. The monoisotopic (exact) mass is 366 g/mol. The van der Waals surface area contributed by atoms with E-state index in [2.05, 4.69) is 20.6 Å². The Hall–Kier alpha value is -3.48. The number of nitrogens with zero attached hydrogens (tertiary/aromatic N) is 2. The Morgan fingerprint density at radius 1 is 0.778 bits per heavy atom. The summed E-state index contributed by atoms with van der Waals surface area (Å²) in [6.45, 7) is 1.91. The van der Waals surface area contributed by atoms with Crippen LogP contribution in [0.2, 0.25) is 0 Å². The summed E-state index contributed by atoms with van der Waals surface area (Å²) in [5.74, 6) is 3.27. The lowest BCUT2D eigenvalue weighted by Crippen LogP contribution is -2.03. The third kappa shape index (κ3) is 4.58. The lowest BCUT2D eigenvalue weighted by molar-refractivity contribution is 0.395. The SMILES string of the molecule is COc1cccc(Nc2nc(C)cc(Nc3ccc(OC)cc3OC)n2)c1. The van der Waals surface area contributed by atoms with Crippen molar-refractivity contribution in [1.29, 1.82) is 0 Å². The molecule has 140 valence electrons. The molecule has 2 aromatic carbocycles. The van der Waals surface area contributed by atoms with Gasteiger partial charge >= 0.3 is 0 Å². The van der Waals surface area contributed by atoms with Crippen LogP contribution in [0.3, 0.4) is 0 Å². The average Bonchev–Trinajstić information content (AvgIpc) is 2.68. The molecule has 7 nitrogen and oxygen atoms in total. The molecular weight excluding hydrogens is 344 g/mol. The Bertz CT molecular complexity index is 931. The highest BCUT2D eigenvalue weighted by molar-refractivity contribution is 5.67. The quantitative estimate of drug-likeness (QED) is 0.645. The number of hydrogen-bond acceptors (Lipinski definition) is 7. The minimum Gasteiger partial charge on any atom is -0.497 e. The number of hydrogen-bond donors (Lipinski definition) is 2. The number of rotatable bonds is 7. The molecule has 3 rings (SSSR count). The molecule has 0 aliphatic carbocycles. The molecule has 0 fully saturated rings. The lowest BCUT2D eigenvalue weighted by Gasteiger charge is -2.13. The number of aryl methyl sites for hydroxylation is 1. The number of benzene rings is 2. The van der Waals surface area contributed by atoms with Crippen LogP contribution in [0, 0.1) is 6.92 Å². The van der Waals surface area contributed by atoms with Crippen LogP contribution in [-0.4, -0.2) is 31.3 Å². The highest BCUT2D eigenvalue weighted by atomic mass is 16.5. The van der Waals surface area contributed by atoms with Crippen LogP contribution in [-0.2, 0) is 0 Å². The van der Waals surface area contributed by atoms with Crippen molar-refractivity contribution in [2.75, 3.05) is 32.0 Å². The maximum absolute atomic E-state index is 5.43. The van der Waals surface area contributed by atoms with Gasteiger partial charge in [0.2, 0.25) is 5.95 Å². The van der Waals surface area contributed by atoms with Crippen LogP contribution in [0.4, 0.5) is 23.1 Å². The van der Waals surface area contributed by atoms with E-state index in [1.54, 1.807) is 21.3 Å². The number of ether oxygens (including phenoxy) is 3. The standard InChI is InChI=1S/C20H22N4O3/c1-13-10-19(23-17-9-8-16(26-3)12-18(17)27-4)24-20(21-13)22-14-6-5-7-15(11-14)25-2/h5-12H,1-4H3,(H2,21,22,23,24). The Balaban J connectivity index is 1.85. The molecule has 27 heavy (non-hydrogen) atoms. The van der Waals surface area contributed by atoms with Crippen molar-refractivity contribution in [3.8, 4) is 17.2 Å². The fourth-order valence-corrected chi connectivity index (χ4v) is 2.56. The first-order valence-electron chi connectivity index (χ1n) is 8.37. The fraction of sp³-hybridized carbons (Fsp3) is 0.200. The van der Waals surface area contributed by atoms with Crippen LogP contribution < -0.4 is 24.8 Å². The van der Waals surface area contributed by atoms with Gasteiger partial charge in [0.1, 0.15) is 23.1 Å². The molecule has 1 heterocycles. The van der Waals surface area contributed by atoms with Crippen molar-refractivity contribution >= 4 is 23.1 Å². The van der Waals surface area contributed by atoms with Crippen molar-refractivity contribution in [3.63, 3.8) is 0 Å². The number of anilines is 4. The van der Waals surface area contributed by atoms with Gasteiger partial charge in [-0.1, -0.05) is 6.07 Å². The summed E-state index contributed by atoms with van der Waals surface area (Å²) in [6.07, 6.45) is 0. The van der Waals surface area contributed by atoms with Crippen LogP contribution in [0.15, 0.2) is 48.5 Å². The highest BCUT2D eigenvalue weighted by Gasteiger charge is 2.09. The molecule has 0 saturated heterocycles. The summed E-state index contributed by atoms with van der Waals surface area (Å²) in [5.41, 5.74) is 2.45. The van der Waals surface area contributed by atoms with E-state index in [0.717, 1.165) is 28.6 Å². The lowest BCUT2D eigenvalue weighted by atomic mass is 10.2. The van der Waals surface area contributed by atoms with Crippen molar-refractivity contribution in [3.05, 3.63) is 54.2 Å². The summed E-state index contributed by atoms with van der Waals surface area (Å²) < 4.78 is 15.9. The van der Waals surface area contributed by atoms with Gasteiger partial charge in [-0.2, -0.15) is 4.98 Å². The van der Waals surface area contributed by atoms with Crippen LogP contribution in [0.5, 0.6) is 17.2 Å². The van der Waals surface area contributed by atoms with E-state index in [-0.39, 0.29) is 0 Å². The smallest absolute Gasteiger partial charge is 0.229 e. The second-order valence-corrected chi connectivity index (χ2v) is 5.77. The molecule has 0 radical (unpaired) electrons. The molecule has 0 saturated carbocycles. The topological polar surface area (TPSA) is 77.5 Å². The Morgan fingerprint density at radius 2 is 1.56 bits per heavy atom. The Morgan fingerprint density at radius 3 is 2.30 bits per heavy atom. The van der Waals surface area contributed by atoms with Crippen molar-refractivity contribution < 1.29 is 14.2 Å². The van der Waals surface area contributed by atoms with Gasteiger partial charge in [0.05, 0.1) is 27.0 Å². The zero-order chi connectivity index (χ0) is 19.2. The largest absolute Gasteiger partial charge is 0.497 e. The summed E-state index contributed by atoms with van der Waals surface area (Å²) in [6, 6.07) is 15.0. The molecule has 0 aliphatic rings. The summed E-state index contributed by atoms with van der Waals surface area (Å²) in [5, 5.41) is 6.47. The van der Waals surface area contributed by atoms with Gasteiger partial charge in [0, 0.05) is 29.6 Å². The normalized spacial score (nSPS) is 10.2. The Labute approximate surface area is 158 Å². The van der Waals surface area contributed by atoms with E-state index in [9.17, 15) is 0 Å². The first-order valence-corrected chi connectivity index (χ1v) is 8.37. The molecule has 0 unspecified atom stereocenters. The summed E-state index contributed by atoms with van der Waals surface area (Å²) in [7, 11) is 4.86. The van der Waals surface area contributed by atoms with Gasteiger partial charge in [0.25, 0.3) is 0 Å². The highest BCUT2D eigenvalue weighted by Crippen LogP contribution is 2.31. The molecule has 1 aromatic heterocycles. The van der Waals surface area contributed by atoms with Gasteiger partial charge < -0.3 is 24.8 Å². The van der Waals surface area contributed by atoms with Crippen molar-refractivity contribution in [2.24, 2.45) is 0 Å². The second-order valence-electron chi connectivity index (χ2n) is 5.77. The zero-order valence-electron chi connectivity index (χ0n) is 15.7. The molecule has 3 aromatic rings. The summed E-state index contributed by atoms with van der Waals surface area (Å²) in [4.78, 5) is 8.98. The molecule has 0 atom stereocenters. The van der Waals surface area contributed by atoms with Crippen molar-refractivity contribution in [1.82, 2.24) is 9.97 Å². The van der Waals surface area contributed by atoms with Gasteiger partial charge in [-0.05, 0) is 31.2 Å². The second kappa shape index (κ2) is 8.27. The van der Waals surface area contributed by atoms with Gasteiger partial charge in [-0.15, -0.1) is 0 Å². The molecule has 0 amide bonds. The van der Waals surface area contributed by atoms with Crippen molar-refractivity contribution in [2.45, 2.75) is 6.92 Å². The van der Waals surface area contributed by atoms with E-state index in [1.807, 2.05) is 55.5 Å². The first-order chi connectivity index (χ1) is 13.1. The molecule has 2 N–H and O–H groups in total. The minimum absolute atomic E-state index is 0.484. The fourth-order valence-electron chi connectivity index (χ4n) is 2.56. The first kappa shape index (κ1) is 18.3. The molecule has 7 heteroatoms. The molecule has 0 bridgehead atoms. The van der Waals surface area contributed by atoms with E-state index < -0.39 is 0 Å². The number of aromatic nitrogens is 2. The van der Waals surface area contributed by atoms with Gasteiger partial charge in [-0.3, -0.25) is 0 Å².